The van der Waals surface area contributed by atoms with E-state index < -0.39 is 30.1 Å². The molecule has 29 heavy (non-hydrogen) atoms. The molecule has 4 rings (SSSR count). The Labute approximate surface area is 168 Å². The van der Waals surface area contributed by atoms with E-state index in [1.54, 1.807) is 0 Å². The first kappa shape index (κ1) is 20.0. The first-order valence-corrected chi connectivity index (χ1v) is 9.57. The molecule has 152 valence electrons. The van der Waals surface area contributed by atoms with Crippen molar-refractivity contribution in [2.24, 2.45) is 0 Å². The Morgan fingerprint density at radius 3 is 2.10 bits per heavy atom. The van der Waals surface area contributed by atoms with E-state index >= 15 is 0 Å². The minimum Gasteiger partial charge on any atom is -0.399 e. The van der Waals surface area contributed by atoms with E-state index in [1.165, 1.54) is 12.1 Å². The van der Waals surface area contributed by atoms with E-state index in [-0.39, 0.29) is 0 Å². The number of hydrogen-bond acceptors (Lipinski definition) is 2. The molecule has 1 aromatic heterocycles. The molecule has 0 saturated carbocycles. The predicted molar refractivity (Wildman–Crippen MR) is 108 cm³/mol. The van der Waals surface area contributed by atoms with Gasteiger partial charge in [-0.15, -0.1) is 0 Å². The van der Waals surface area contributed by atoms with Crippen LogP contribution in [0.4, 0.5) is 13.2 Å². The van der Waals surface area contributed by atoms with Crippen molar-refractivity contribution in [3.8, 4) is 0 Å². The lowest BCUT2D eigenvalue weighted by Crippen LogP contribution is -2.41. The first-order valence-electron chi connectivity index (χ1n) is 9.57. The fourth-order valence-electron chi connectivity index (χ4n) is 3.46. The zero-order valence-electron chi connectivity index (χ0n) is 16.9. The van der Waals surface area contributed by atoms with Crippen LogP contribution in [-0.2, 0) is 22.0 Å². The average Bonchev–Trinajstić information content (AvgIpc) is 3.12. The average molecular weight is 401 g/mol. The van der Waals surface area contributed by atoms with Gasteiger partial charge in [-0.25, -0.2) is 0 Å². The number of hydrogen-bond donors (Lipinski definition) is 0. The molecule has 3 nitrogen and oxygen atoms in total. The van der Waals surface area contributed by atoms with Gasteiger partial charge >= 0.3 is 13.3 Å². The van der Waals surface area contributed by atoms with Crippen LogP contribution in [0.2, 0.25) is 0 Å². The van der Waals surface area contributed by atoms with Crippen LogP contribution in [0.5, 0.6) is 0 Å². The number of benzene rings is 2. The van der Waals surface area contributed by atoms with Crippen LogP contribution in [0, 0.1) is 0 Å². The molecule has 1 aliphatic heterocycles. The number of aromatic nitrogens is 1. The summed E-state index contributed by atoms with van der Waals surface area (Å²) in [5.41, 5.74) is 1.22. The Kier molecular flexibility index (Phi) is 4.59. The van der Waals surface area contributed by atoms with Gasteiger partial charge in [0.2, 0.25) is 0 Å². The monoisotopic (exact) mass is 401 g/mol. The Morgan fingerprint density at radius 1 is 0.897 bits per heavy atom. The lowest BCUT2D eigenvalue weighted by Gasteiger charge is -2.32. The fourth-order valence-corrected chi connectivity index (χ4v) is 3.46. The van der Waals surface area contributed by atoms with Gasteiger partial charge < -0.3 is 13.9 Å². The van der Waals surface area contributed by atoms with E-state index in [0.29, 0.717) is 6.54 Å². The zero-order valence-corrected chi connectivity index (χ0v) is 16.9. The maximum Gasteiger partial charge on any atom is 0.494 e. The molecule has 1 saturated heterocycles. The molecule has 2 heterocycles. The smallest absolute Gasteiger partial charge is 0.399 e. The highest BCUT2D eigenvalue weighted by Gasteiger charge is 2.51. The minimum atomic E-state index is -4.32. The van der Waals surface area contributed by atoms with Crippen LogP contribution in [0.3, 0.4) is 0 Å². The highest BCUT2D eigenvalue weighted by Crippen LogP contribution is 2.36. The third-order valence-electron chi connectivity index (χ3n) is 5.96. The van der Waals surface area contributed by atoms with Crippen LogP contribution in [0.1, 0.15) is 38.8 Å². The van der Waals surface area contributed by atoms with Crippen molar-refractivity contribution in [2.45, 2.75) is 51.6 Å². The number of fused-ring (bicyclic) bond motifs is 1. The summed E-state index contributed by atoms with van der Waals surface area (Å²) in [6, 6.07) is 13.3. The van der Waals surface area contributed by atoms with E-state index in [9.17, 15) is 13.2 Å². The topological polar surface area (TPSA) is 23.4 Å². The molecule has 0 radical (unpaired) electrons. The molecular formula is C22H23BF3NO2. The van der Waals surface area contributed by atoms with Crippen molar-refractivity contribution >= 4 is 23.5 Å². The summed E-state index contributed by atoms with van der Waals surface area (Å²) in [4.78, 5) is 0. The quantitative estimate of drug-likeness (QED) is 0.577. The Hall–Kier alpha value is -2.25. The van der Waals surface area contributed by atoms with Crippen LogP contribution in [0.25, 0.3) is 10.9 Å². The zero-order chi connectivity index (χ0) is 21.0. The van der Waals surface area contributed by atoms with E-state index in [2.05, 4.69) is 0 Å². The summed E-state index contributed by atoms with van der Waals surface area (Å²) in [6.45, 7) is 8.53. The van der Waals surface area contributed by atoms with Gasteiger partial charge in [-0.2, -0.15) is 13.2 Å². The molecule has 0 atom stereocenters. The second-order valence-electron chi connectivity index (χ2n) is 8.54. The normalized spacial score (nSPS) is 18.5. The number of rotatable bonds is 3. The van der Waals surface area contributed by atoms with Crippen molar-refractivity contribution in [1.29, 1.82) is 0 Å². The van der Waals surface area contributed by atoms with Crippen molar-refractivity contribution in [3.63, 3.8) is 0 Å². The SMILES string of the molecule is CC1(C)OB(c2ccc3ccn(Cc4ccc(C(F)(F)F)cc4)c3c2)OC1(C)C. The molecule has 1 fully saturated rings. The highest BCUT2D eigenvalue weighted by molar-refractivity contribution is 6.62. The van der Waals surface area contributed by atoms with E-state index in [1.807, 2.05) is 62.7 Å². The summed E-state index contributed by atoms with van der Waals surface area (Å²) in [6.07, 6.45) is -2.38. The number of alkyl halides is 3. The van der Waals surface area contributed by atoms with Gasteiger partial charge in [0.1, 0.15) is 0 Å². The highest BCUT2D eigenvalue weighted by atomic mass is 19.4. The largest absolute Gasteiger partial charge is 0.494 e. The van der Waals surface area contributed by atoms with E-state index in [0.717, 1.165) is 34.1 Å². The predicted octanol–water partition coefficient (Wildman–Crippen LogP) is 5.01. The summed E-state index contributed by atoms with van der Waals surface area (Å²) in [7, 11) is -0.459. The standard InChI is InChI=1S/C22H23BF3NO2/c1-20(2)21(3,4)29-23(28-20)18-10-7-16-11-12-27(19(16)13-18)14-15-5-8-17(9-6-15)22(24,25)26/h5-13H,14H2,1-4H3. The van der Waals surface area contributed by atoms with Crippen LogP contribution < -0.4 is 5.46 Å². The molecule has 0 N–H and O–H groups in total. The third kappa shape index (κ3) is 3.69. The molecule has 1 aliphatic rings. The van der Waals surface area contributed by atoms with Gasteiger partial charge in [0.25, 0.3) is 0 Å². The second kappa shape index (κ2) is 6.64. The third-order valence-corrected chi connectivity index (χ3v) is 5.96. The maximum absolute atomic E-state index is 12.8. The van der Waals surface area contributed by atoms with Gasteiger partial charge in [-0.3, -0.25) is 0 Å². The molecule has 0 spiro atoms. The van der Waals surface area contributed by atoms with Gasteiger partial charge in [0.15, 0.2) is 0 Å². The minimum absolute atomic E-state index is 0.422. The van der Waals surface area contributed by atoms with Gasteiger partial charge in [0.05, 0.1) is 16.8 Å². The van der Waals surface area contributed by atoms with Gasteiger partial charge in [0, 0.05) is 18.3 Å². The molecule has 3 aromatic rings. The van der Waals surface area contributed by atoms with Crippen molar-refractivity contribution in [2.75, 3.05) is 0 Å². The molecule has 0 bridgehead atoms. The number of nitrogens with zero attached hydrogens (tertiary/aromatic N) is 1. The molecule has 0 amide bonds. The first-order chi connectivity index (χ1) is 13.5. The number of halogens is 3. The van der Waals surface area contributed by atoms with Crippen LogP contribution >= 0.6 is 0 Å². The van der Waals surface area contributed by atoms with Crippen LogP contribution in [0.15, 0.2) is 54.7 Å². The van der Waals surface area contributed by atoms with Crippen LogP contribution in [-0.4, -0.2) is 22.9 Å². The lowest BCUT2D eigenvalue weighted by atomic mass is 9.79. The molecule has 0 aliphatic carbocycles. The molecule has 7 heteroatoms. The lowest BCUT2D eigenvalue weighted by molar-refractivity contribution is -0.137. The molecule has 2 aromatic carbocycles. The Morgan fingerprint density at radius 2 is 1.52 bits per heavy atom. The summed E-state index contributed by atoms with van der Waals surface area (Å²) >= 11 is 0. The van der Waals surface area contributed by atoms with Crippen molar-refractivity contribution < 1.29 is 22.5 Å². The fraction of sp³-hybridized carbons (Fsp3) is 0.364. The summed E-state index contributed by atoms with van der Waals surface area (Å²) < 4.78 is 52.6. The maximum atomic E-state index is 12.8. The Bertz CT molecular complexity index is 1020. The summed E-state index contributed by atoms with van der Waals surface area (Å²) in [5, 5.41) is 1.05. The van der Waals surface area contributed by atoms with E-state index in [4.69, 9.17) is 9.31 Å². The molecular weight excluding hydrogens is 378 g/mol. The second-order valence-corrected chi connectivity index (χ2v) is 8.54. The van der Waals surface area contributed by atoms with Crippen molar-refractivity contribution in [1.82, 2.24) is 4.57 Å². The molecule has 0 unspecified atom stereocenters. The van der Waals surface area contributed by atoms with Crippen molar-refractivity contribution in [3.05, 3.63) is 65.9 Å². The van der Waals surface area contributed by atoms with Gasteiger partial charge in [-0.05, 0) is 68.4 Å². The Balaban J connectivity index is 1.61. The van der Waals surface area contributed by atoms with Gasteiger partial charge in [-0.1, -0.05) is 24.3 Å². The summed E-state index contributed by atoms with van der Waals surface area (Å²) in [5.74, 6) is 0.